The zero-order valence-corrected chi connectivity index (χ0v) is 12.9. The first-order chi connectivity index (χ1) is 10.2. The lowest BCUT2D eigenvalue weighted by Crippen LogP contribution is -2.25. The maximum atomic E-state index is 12.2. The van der Waals surface area contributed by atoms with E-state index in [2.05, 4.69) is 22.4 Å². The van der Waals surface area contributed by atoms with Crippen molar-refractivity contribution in [2.75, 3.05) is 5.32 Å². The summed E-state index contributed by atoms with van der Waals surface area (Å²) >= 11 is 7.86. The Bertz CT molecular complexity index is 751. The molecule has 108 valence electrons. The third-order valence-electron chi connectivity index (χ3n) is 3.48. The molecule has 1 aliphatic rings. The number of nitrogens with zero attached hydrogens (tertiary/aromatic N) is 2. The largest absolute Gasteiger partial charge is 0.374 e. The van der Waals surface area contributed by atoms with E-state index in [4.69, 9.17) is 18.0 Å². The topological polar surface area (TPSA) is 46.9 Å². The molecule has 6 heteroatoms. The lowest BCUT2D eigenvalue weighted by molar-refractivity contribution is 0.664. The van der Waals surface area contributed by atoms with Gasteiger partial charge in [0.2, 0.25) is 0 Å². The number of thiophene rings is 1. The number of anilines is 1. The number of halogens is 1. The van der Waals surface area contributed by atoms with Gasteiger partial charge < -0.3 is 5.32 Å². The molecular weight excluding hydrogens is 306 g/mol. The van der Waals surface area contributed by atoms with Gasteiger partial charge in [0.15, 0.2) is 0 Å². The first kappa shape index (κ1) is 14.2. The van der Waals surface area contributed by atoms with Crippen molar-refractivity contribution in [2.24, 2.45) is 0 Å². The van der Waals surface area contributed by atoms with Gasteiger partial charge in [0.05, 0.1) is 11.2 Å². The van der Waals surface area contributed by atoms with Crippen LogP contribution in [0.25, 0.3) is 0 Å². The quantitative estimate of drug-likeness (QED) is 0.881. The second-order valence-corrected chi connectivity index (χ2v) is 6.53. The molecule has 21 heavy (non-hydrogen) atoms. The number of nitrogens with one attached hydrogen (secondary N) is 1. The molecule has 2 aromatic rings. The molecule has 0 saturated heterocycles. The maximum Gasteiger partial charge on any atom is 0.292 e. The van der Waals surface area contributed by atoms with Crippen molar-refractivity contribution in [1.82, 2.24) is 9.78 Å². The molecule has 2 aromatic heterocycles. The fourth-order valence-corrected chi connectivity index (χ4v) is 3.87. The third kappa shape index (κ3) is 2.82. The van der Waals surface area contributed by atoms with Gasteiger partial charge in [0, 0.05) is 16.3 Å². The molecule has 0 fully saturated rings. The summed E-state index contributed by atoms with van der Waals surface area (Å²) in [4.78, 5) is 14.9. The molecule has 0 aromatic carbocycles. The first-order valence-corrected chi connectivity index (χ1v) is 7.92. The molecule has 0 radical (unpaired) electrons. The molecule has 4 nitrogen and oxygen atoms in total. The second-order valence-electron chi connectivity index (χ2n) is 4.90. The van der Waals surface area contributed by atoms with Crippen molar-refractivity contribution >= 4 is 28.6 Å². The smallest absolute Gasteiger partial charge is 0.292 e. The molecule has 0 spiro atoms. The minimum atomic E-state index is -0.287. The van der Waals surface area contributed by atoms with Crippen LogP contribution < -0.4 is 10.9 Å². The van der Waals surface area contributed by atoms with Crippen LogP contribution in [0.15, 0.2) is 17.1 Å². The summed E-state index contributed by atoms with van der Waals surface area (Å²) in [5.74, 6) is 2.40. The van der Waals surface area contributed by atoms with Gasteiger partial charge in [0.1, 0.15) is 12.2 Å². The fourth-order valence-electron chi connectivity index (χ4n) is 2.48. The van der Waals surface area contributed by atoms with Crippen molar-refractivity contribution in [3.05, 3.63) is 43.0 Å². The van der Waals surface area contributed by atoms with Gasteiger partial charge in [0.25, 0.3) is 5.56 Å². The molecule has 0 saturated carbocycles. The summed E-state index contributed by atoms with van der Waals surface area (Å²) in [5, 5.41) is 7.35. The summed E-state index contributed by atoms with van der Waals surface area (Å²) in [6.07, 6.45) is 10.3. The van der Waals surface area contributed by atoms with Gasteiger partial charge in [-0.25, -0.2) is 4.68 Å². The molecule has 1 aliphatic carbocycles. The van der Waals surface area contributed by atoms with Crippen LogP contribution in [0.5, 0.6) is 0 Å². The van der Waals surface area contributed by atoms with Crippen LogP contribution in [0, 0.1) is 12.3 Å². The highest BCUT2D eigenvalue weighted by molar-refractivity contribution is 7.12. The van der Waals surface area contributed by atoms with Gasteiger partial charge in [-0.3, -0.25) is 4.79 Å². The summed E-state index contributed by atoms with van der Waals surface area (Å²) in [7, 11) is 0. The highest BCUT2D eigenvalue weighted by Gasteiger charge is 2.15. The van der Waals surface area contributed by atoms with Crippen LogP contribution in [0.2, 0.25) is 5.02 Å². The number of hydrogen-bond donors (Lipinski definition) is 1. The summed E-state index contributed by atoms with van der Waals surface area (Å²) in [5.41, 5.74) is 1.52. The normalized spacial score (nSPS) is 13.0. The molecule has 1 N–H and O–H groups in total. The van der Waals surface area contributed by atoms with E-state index < -0.39 is 0 Å². The lowest BCUT2D eigenvalue weighted by atomic mass is 10.2. The zero-order chi connectivity index (χ0) is 14.8. The fraction of sp³-hybridized carbons (Fsp3) is 0.333. The number of hydrogen-bond acceptors (Lipinski definition) is 4. The van der Waals surface area contributed by atoms with Gasteiger partial charge in [-0.2, -0.15) is 5.10 Å². The van der Waals surface area contributed by atoms with Crippen LogP contribution in [0.4, 0.5) is 5.69 Å². The molecule has 2 heterocycles. The molecule has 0 bridgehead atoms. The zero-order valence-electron chi connectivity index (χ0n) is 11.4. The predicted molar refractivity (Wildman–Crippen MR) is 86.0 cm³/mol. The number of aryl methyl sites for hydroxylation is 2. The Labute approximate surface area is 131 Å². The van der Waals surface area contributed by atoms with E-state index in [1.54, 1.807) is 11.3 Å². The maximum absolute atomic E-state index is 12.2. The second kappa shape index (κ2) is 5.92. The summed E-state index contributed by atoms with van der Waals surface area (Å²) in [6.45, 7) is 0.727. The van der Waals surface area contributed by atoms with Crippen LogP contribution in [0.1, 0.15) is 21.7 Å². The van der Waals surface area contributed by atoms with Gasteiger partial charge in [-0.1, -0.05) is 17.5 Å². The Hall–Kier alpha value is -1.77. The van der Waals surface area contributed by atoms with Gasteiger partial charge >= 0.3 is 0 Å². The van der Waals surface area contributed by atoms with Crippen LogP contribution in [-0.2, 0) is 25.9 Å². The van der Waals surface area contributed by atoms with Gasteiger partial charge in [-0.05, 0) is 30.9 Å². The van der Waals surface area contributed by atoms with Crippen molar-refractivity contribution in [2.45, 2.75) is 32.4 Å². The van der Waals surface area contributed by atoms with Crippen molar-refractivity contribution < 1.29 is 0 Å². The number of rotatable bonds is 4. The Morgan fingerprint density at radius 1 is 1.52 bits per heavy atom. The van der Waals surface area contributed by atoms with Crippen molar-refractivity contribution in [3.8, 4) is 12.3 Å². The predicted octanol–water partition coefficient (Wildman–Crippen LogP) is 2.69. The standard InChI is InChI=1S/C15H14ClN3OS/c1-2-6-19-15(20)14(12(16)9-18-19)17-8-11-7-10-4-3-5-13(10)21-11/h1,7,9,17H,3-6,8H2. The van der Waals surface area contributed by atoms with Crippen LogP contribution >= 0.6 is 22.9 Å². The minimum absolute atomic E-state index is 0.137. The number of fused-ring (bicyclic) bond motifs is 1. The summed E-state index contributed by atoms with van der Waals surface area (Å²) < 4.78 is 1.22. The average Bonchev–Trinajstić information content (AvgIpc) is 3.03. The Morgan fingerprint density at radius 2 is 2.38 bits per heavy atom. The number of aromatic nitrogens is 2. The molecule has 0 atom stereocenters. The molecule has 0 aliphatic heterocycles. The van der Waals surface area contributed by atoms with E-state index >= 15 is 0 Å². The SMILES string of the molecule is C#CCn1ncc(Cl)c(NCc2cc3c(s2)CCC3)c1=O. The monoisotopic (exact) mass is 319 g/mol. The van der Waals surface area contributed by atoms with E-state index in [1.165, 1.54) is 39.0 Å². The Morgan fingerprint density at radius 3 is 3.14 bits per heavy atom. The Balaban J connectivity index is 1.79. The van der Waals surface area contributed by atoms with Crippen molar-refractivity contribution in [3.63, 3.8) is 0 Å². The van der Waals surface area contributed by atoms with Gasteiger partial charge in [-0.15, -0.1) is 17.8 Å². The lowest BCUT2D eigenvalue weighted by Gasteiger charge is -2.08. The van der Waals surface area contributed by atoms with E-state index in [0.29, 0.717) is 17.3 Å². The number of terminal acetylenes is 1. The molecule has 0 unspecified atom stereocenters. The average molecular weight is 320 g/mol. The summed E-state index contributed by atoms with van der Waals surface area (Å²) in [6, 6.07) is 2.22. The minimum Gasteiger partial charge on any atom is -0.374 e. The molecule has 3 rings (SSSR count). The first-order valence-electron chi connectivity index (χ1n) is 6.72. The van der Waals surface area contributed by atoms with Crippen molar-refractivity contribution in [1.29, 1.82) is 0 Å². The van der Waals surface area contributed by atoms with E-state index in [9.17, 15) is 4.79 Å². The van der Waals surface area contributed by atoms with Crippen LogP contribution in [-0.4, -0.2) is 9.78 Å². The van der Waals surface area contributed by atoms with E-state index in [0.717, 1.165) is 6.42 Å². The Kier molecular flexibility index (Phi) is 4.00. The molecular formula is C15H14ClN3OS. The highest BCUT2D eigenvalue weighted by atomic mass is 35.5. The molecule has 0 amide bonds. The van der Waals surface area contributed by atoms with E-state index in [-0.39, 0.29) is 12.1 Å². The highest BCUT2D eigenvalue weighted by Crippen LogP contribution is 2.31. The third-order valence-corrected chi connectivity index (χ3v) is 5.00. The van der Waals surface area contributed by atoms with Crippen LogP contribution in [0.3, 0.4) is 0 Å². The van der Waals surface area contributed by atoms with E-state index in [1.807, 2.05) is 0 Å².